The summed E-state index contributed by atoms with van der Waals surface area (Å²) in [6.45, 7) is 3.81. The van der Waals surface area contributed by atoms with E-state index in [2.05, 4.69) is 23.9 Å². The molecule has 0 unspecified atom stereocenters. The van der Waals surface area contributed by atoms with Gasteiger partial charge >= 0.3 is 0 Å². The van der Waals surface area contributed by atoms with Crippen LogP contribution in [0, 0.1) is 17.3 Å². The molecule has 1 saturated carbocycles. The maximum Gasteiger partial charge on any atom is 0.251 e. The largest absolute Gasteiger partial charge is 0.374 e. The molecule has 31 heavy (non-hydrogen) atoms. The molecule has 2 heterocycles. The van der Waals surface area contributed by atoms with Gasteiger partial charge in [-0.05, 0) is 75.4 Å². The van der Waals surface area contributed by atoms with Crippen LogP contribution in [0.5, 0.6) is 0 Å². The minimum atomic E-state index is -0.526. The van der Waals surface area contributed by atoms with E-state index < -0.39 is 5.41 Å². The second-order valence-corrected chi connectivity index (χ2v) is 12.1. The normalized spacial score (nSPS) is 29.2. The number of carbonyl (C=O) groups is 1. The number of hydrogen-bond acceptors (Lipinski definition) is 4. The van der Waals surface area contributed by atoms with Crippen LogP contribution in [0.25, 0.3) is 0 Å². The lowest BCUT2D eigenvalue weighted by Crippen LogP contribution is -2.36. The number of thioether (sulfide) groups is 1. The van der Waals surface area contributed by atoms with Crippen molar-refractivity contribution in [2.24, 2.45) is 17.3 Å². The summed E-state index contributed by atoms with van der Waals surface area (Å²) in [5.74, 6) is 2.54. The average Bonchev–Trinajstić information content (AvgIpc) is 3.35. The van der Waals surface area contributed by atoms with Crippen LogP contribution in [0.2, 0.25) is 0 Å². The number of carbonyl (C=O) groups excluding carboxylic acids is 1. The Bertz CT molecular complexity index is 585. The Hall–Kier alpha value is -0.520. The Morgan fingerprint density at radius 1 is 1.06 bits per heavy atom. The highest BCUT2D eigenvalue weighted by Crippen LogP contribution is 2.47. The van der Waals surface area contributed by atoms with Gasteiger partial charge in [-0.25, -0.2) is 5.06 Å². The molecular weight excluding hydrogens is 406 g/mol. The van der Waals surface area contributed by atoms with Crippen molar-refractivity contribution in [1.82, 2.24) is 5.06 Å². The van der Waals surface area contributed by atoms with E-state index in [0.29, 0.717) is 23.2 Å². The van der Waals surface area contributed by atoms with Crippen LogP contribution in [-0.2, 0) is 9.53 Å². The Kier molecular flexibility index (Phi) is 9.79. The van der Waals surface area contributed by atoms with Crippen LogP contribution in [0.15, 0.2) is 12.2 Å². The molecule has 0 aromatic carbocycles. The smallest absolute Gasteiger partial charge is 0.251 e. The van der Waals surface area contributed by atoms with E-state index >= 15 is 0 Å². The highest BCUT2D eigenvalue weighted by molar-refractivity contribution is 7.99. The number of hydroxylamine groups is 2. The fraction of sp³-hybridized carbons (Fsp3) is 0.885. The predicted octanol–water partition coefficient (Wildman–Crippen LogP) is 6.62. The molecule has 2 bridgehead atoms. The highest BCUT2D eigenvalue weighted by Gasteiger charge is 2.47. The number of rotatable bonds is 12. The first-order chi connectivity index (χ1) is 14.9. The summed E-state index contributed by atoms with van der Waals surface area (Å²) in [6, 6.07) is 0. The number of amides is 1. The molecule has 0 aromatic heterocycles. The van der Waals surface area contributed by atoms with Crippen LogP contribution in [0.1, 0.15) is 97.3 Å². The molecule has 3 fully saturated rings. The van der Waals surface area contributed by atoms with Crippen LogP contribution < -0.4 is 0 Å². The third kappa shape index (κ3) is 7.23. The quantitative estimate of drug-likeness (QED) is 0.157. The van der Waals surface area contributed by atoms with Gasteiger partial charge in [0.05, 0.1) is 12.2 Å². The Labute approximate surface area is 194 Å². The van der Waals surface area contributed by atoms with E-state index in [9.17, 15) is 10.0 Å². The molecule has 1 N–H and O–H groups in total. The maximum atomic E-state index is 12.0. The lowest BCUT2D eigenvalue weighted by molar-refractivity contribution is -0.169. The van der Waals surface area contributed by atoms with E-state index in [1.807, 2.05) is 13.8 Å². The summed E-state index contributed by atoms with van der Waals surface area (Å²) in [4.78, 5) is 12.0. The van der Waals surface area contributed by atoms with Crippen molar-refractivity contribution >= 4 is 17.7 Å². The molecule has 4 atom stereocenters. The molecule has 2 saturated heterocycles. The lowest BCUT2D eigenvalue weighted by Gasteiger charge is -2.27. The minimum Gasteiger partial charge on any atom is -0.374 e. The number of allylic oxidation sites excluding steroid dienone is 2. The first-order valence-electron chi connectivity index (χ1n) is 12.8. The summed E-state index contributed by atoms with van der Waals surface area (Å²) < 4.78 is 6.30. The standard InChI is InChI=1S/C26H45NO3S/c1-26(2,25(28)27(3)29)18-10-5-8-14-21-22(24-17-16-23(21)30-24)15-9-11-19-31-20-12-6-4-7-13-20/h5,8,20-24,29H,4,6-7,9-19H2,1-3H3/t21-,22+,23-,24+/m1/s1. The van der Waals surface area contributed by atoms with Crippen LogP contribution >= 0.6 is 11.8 Å². The topological polar surface area (TPSA) is 49.8 Å². The first kappa shape index (κ1) is 25.1. The Balaban J connectivity index is 1.35. The van der Waals surface area contributed by atoms with E-state index in [1.54, 1.807) is 0 Å². The van der Waals surface area contributed by atoms with Crippen molar-refractivity contribution < 1.29 is 14.7 Å². The van der Waals surface area contributed by atoms with Gasteiger partial charge in [-0.1, -0.05) is 51.7 Å². The SMILES string of the molecule is CN(O)C(=O)C(C)(C)CCC=CC[C@@H]1[C@H](CCCCSC2CCCCC2)[C@@H]2CC[C@H]1O2. The van der Waals surface area contributed by atoms with E-state index in [-0.39, 0.29) is 5.91 Å². The van der Waals surface area contributed by atoms with Gasteiger partial charge in [0.15, 0.2) is 0 Å². The molecule has 0 radical (unpaired) electrons. The molecule has 3 rings (SSSR count). The fourth-order valence-corrected chi connectivity index (χ4v) is 7.29. The molecule has 178 valence electrons. The molecule has 3 aliphatic rings. The predicted molar refractivity (Wildman–Crippen MR) is 129 cm³/mol. The Morgan fingerprint density at radius 3 is 2.48 bits per heavy atom. The zero-order valence-electron chi connectivity index (χ0n) is 20.1. The molecule has 0 spiro atoms. The van der Waals surface area contributed by atoms with Gasteiger partial charge in [-0.3, -0.25) is 10.0 Å². The van der Waals surface area contributed by atoms with Gasteiger partial charge in [-0.15, -0.1) is 0 Å². The zero-order valence-corrected chi connectivity index (χ0v) is 20.9. The van der Waals surface area contributed by atoms with Crippen molar-refractivity contribution in [1.29, 1.82) is 0 Å². The fourth-order valence-electron chi connectivity index (χ4n) is 5.92. The average molecular weight is 452 g/mol. The van der Waals surface area contributed by atoms with E-state index in [0.717, 1.165) is 30.4 Å². The second-order valence-electron chi connectivity index (χ2n) is 10.7. The molecule has 0 aromatic rings. The first-order valence-corrected chi connectivity index (χ1v) is 13.8. The van der Waals surface area contributed by atoms with Gasteiger partial charge in [0, 0.05) is 17.7 Å². The third-order valence-electron chi connectivity index (χ3n) is 7.81. The van der Waals surface area contributed by atoms with Gasteiger partial charge in [0.25, 0.3) is 5.91 Å². The summed E-state index contributed by atoms with van der Waals surface area (Å²) in [7, 11) is 1.41. The number of nitrogens with zero attached hydrogens (tertiary/aromatic N) is 1. The van der Waals surface area contributed by atoms with Crippen molar-refractivity contribution in [3.8, 4) is 0 Å². The number of fused-ring (bicyclic) bond motifs is 2. The summed E-state index contributed by atoms with van der Waals surface area (Å²) >= 11 is 2.24. The minimum absolute atomic E-state index is 0.218. The third-order valence-corrected chi connectivity index (χ3v) is 9.28. The van der Waals surface area contributed by atoms with E-state index in [1.165, 1.54) is 77.0 Å². The van der Waals surface area contributed by atoms with E-state index in [4.69, 9.17) is 4.74 Å². The van der Waals surface area contributed by atoms with Crippen molar-refractivity contribution in [2.45, 2.75) is 115 Å². The Morgan fingerprint density at radius 2 is 1.77 bits per heavy atom. The van der Waals surface area contributed by atoms with Crippen molar-refractivity contribution in [3.05, 3.63) is 12.2 Å². The summed E-state index contributed by atoms with van der Waals surface area (Å²) in [6.07, 6.45) is 22.0. The van der Waals surface area contributed by atoms with Gasteiger partial charge < -0.3 is 4.74 Å². The van der Waals surface area contributed by atoms with Crippen molar-refractivity contribution in [3.63, 3.8) is 0 Å². The van der Waals surface area contributed by atoms with Crippen LogP contribution in [0.4, 0.5) is 0 Å². The van der Waals surface area contributed by atoms with Crippen LogP contribution in [-0.4, -0.2) is 46.4 Å². The maximum absolute atomic E-state index is 12.0. The van der Waals surface area contributed by atoms with Crippen LogP contribution in [0.3, 0.4) is 0 Å². The molecule has 2 aliphatic heterocycles. The lowest BCUT2D eigenvalue weighted by atomic mass is 9.75. The van der Waals surface area contributed by atoms with Gasteiger partial charge in [-0.2, -0.15) is 11.8 Å². The highest BCUT2D eigenvalue weighted by atomic mass is 32.2. The number of ether oxygens (including phenoxy) is 1. The number of hydrogen-bond donors (Lipinski definition) is 1. The van der Waals surface area contributed by atoms with Gasteiger partial charge in [0.2, 0.25) is 0 Å². The molecule has 1 amide bonds. The van der Waals surface area contributed by atoms with Gasteiger partial charge in [0.1, 0.15) is 0 Å². The molecule has 4 nitrogen and oxygen atoms in total. The summed E-state index contributed by atoms with van der Waals surface area (Å²) in [5, 5.41) is 11.1. The summed E-state index contributed by atoms with van der Waals surface area (Å²) in [5.41, 5.74) is -0.526. The second kappa shape index (κ2) is 12.1. The monoisotopic (exact) mass is 451 g/mol. The number of unbranched alkanes of at least 4 members (excludes halogenated alkanes) is 1. The molecule has 5 heteroatoms. The molecule has 1 aliphatic carbocycles. The molecular formula is C26H45NO3S. The zero-order chi connectivity index (χ0) is 22.3. The van der Waals surface area contributed by atoms with Crippen molar-refractivity contribution in [2.75, 3.05) is 12.8 Å².